The lowest BCUT2D eigenvalue weighted by Gasteiger charge is -2.29. The molecule has 1 fully saturated rings. The molecule has 12 heteroatoms. The van der Waals surface area contributed by atoms with Gasteiger partial charge in [0.25, 0.3) is 5.91 Å². The molecule has 1 aromatic rings. The molecule has 5 atom stereocenters. The zero-order valence-electron chi connectivity index (χ0n) is 26.8. The van der Waals surface area contributed by atoms with E-state index in [0.29, 0.717) is 19.4 Å². The summed E-state index contributed by atoms with van der Waals surface area (Å²) < 4.78 is 10.1. The van der Waals surface area contributed by atoms with Crippen LogP contribution in [0.15, 0.2) is 35.0 Å². The highest BCUT2D eigenvalue weighted by atomic mass is 16.5. The number of nitrogens with one attached hydrogen (secondary N) is 4. The first-order valence-corrected chi connectivity index (χ1v) is 15.4. The van der Waals surface area contributed by atoms with Gasteiger partial charge >= 0.3 is 5.97 Å². The number of ether oxygens (including phenoxy) is 1. The van der Waals surface area contributed by atoms with Gasteiger partial charge in [-0.15, -0.1) is 0 Å². The molecule has 4 amide bonds. The quantitative estimate of drug-likeness (QED) is 0.153. The van der Waals surface area contributed by atoms with Gasteiger partial charge in [-0.1, -0.05) is 47.6 Å². The van der Waals surface area contributed by atoms with Gasteiger partial charge in [0.1, 0.15) is 12.1 Å². The van der Waals surface area contributed by atoms with Crippen LogP contribution in [0.5, 0.6) is 0 Å². The summed E-state index contributed by atoms with van der Waals surface area (Å²) in [4.78, 5) is 77.9. The van der Waals surface area contributed by atoms with E-state index in [1.807, 2.05) is 13.8 Å². The van der Waals surface area contributed by atoms with Gasteiger partial charge in [0, 0.05) is 24.5 Å². The van der Waals surface area contributed by atoms with Gasteiger partial charge in [-0.3, -0.25) is 24.0 Å². The second-order valence-electron chi connectivity index (χ2n) is 12.2. The molecule has 44 heavy (non-hydrogen) atoms. The van der Waals surface area contributed by atoms with E-state index in [0.717, 1.165) is 0 Å². The third kappa shape index (κ3) is 10.9. The van der Waals surface area contributed by atoms with E-state index in [9.17, 15) is 28.8 Å². The van der Waals surface area contributed by atoms with E-state index >= 15 is 0 Å². The molecule has 0 bridgehead atoms. The van der Waals surface area contributed by atoms with Gasteiger partial charge in [-0.2, -0.15) is 0 Å². The Morgan fingerprint density at radius 1 is 1.00 bits per heavy atom. The molecule has 4 N–H and O–H groups in total. The van der Waals surface area contributed by atoms with Crippen molar-refractivity contribution in [3.05, 3.63) is 36.3 Å². The van der Waals surface area contributed by atoms with Gasteiger partial charge in [-0.25, -0.2) is 4.79 Å². The largest absolute Gasteiger partial charge is 0.463 e. The van der Waals surface area contributed by atoms with E-state index in [2.05, 4.69) is 21.3 Å². The van der Waals surface area contributed by atoms with Crippen molar-refractivity contribution >= 4 is 35.4 Å². The average Bonchev–Trinajstić information content (AvgIpc) is 3.63. The lowest BCUT2D eigenvalue weighted by atomic mass is 9.84. The molecule has 12 nitrogen and oxygen atoms in total. The van der Waals surface area contributed by atoms with Crippen molar-refractivity contribution in [2.24, 2.45) is 29.6 Å². The molecule has 2 heterocycles. The molecule has 1 aliphatic rings. The monoisotopic (exact) mass is 616 g/mol. The van der Waals surface area contributed by atoms with Crippen molar-refractivity contribution in [3.8, 4) is 0 Å². The minimum absolute atomic E-state index is 0.0166. The highest BCUT2D eigenvalue weighted by Crippen LogP contribution is 2.24. The fourth-order valence-electron chi connectivity index (χ4n) is 5.02. The summed E-state index contributed by atoms with van der Waals surface area (Å²) in [6, 6.07) is 0.134. The molecule has 1 aliphatic heterocycles. The van der Waals surface area contributed by atoms with Gasteiger partial charge in [-0.05, 0) is 56.1 Å². The molecule has 1 aromatic heterocycles. The lowest BCUT2D eigenvalue weighted by Crippen LogP contribution is -2.58. The Hall–Kier alpha value is -3.96. The van der Waals surface area contributed by atoms with E-state index in [-0.39, 0.29) is 48.2 Å². The van der Waals surface area contributed by atoms with Crippen LogP contribution in [0.3, 0.4) is 0 Å². The highest BCUT2D eigenvalue weighted by molar-refractivity contribution is 5.98. The topological polar surface area (TPSA) is 173 Å². The molecule has 4 unspecified atom stereocenters. The number of esters is 1. The van der Waals surface area contributed by atoms with Crippen LogP contribution in [0, 0.1) is 29.6 Å². The number of amides is 4. The molecule has 244 valence electrons. The maximum absolute atomic E-state index is 13.9. The molecular formula is C32H48N4O8. The van der Waals surface area contributed by atoms with Crippen LogP contribution in [0.2, 0.25) is 0 Å². The molecule has 0 saturated carbocycles. The Morgan fingerprint density at radius 2 is 1.64 bits per heavy atom. The van der Waals surface area contributed by atoms with Gasteiger partial charge < -0.3 is 30.4 Å². The van der Waals surface area contributed by atoms with Crippen LogP contribution in [-0.4, -0.2) is 66.7 Å². The van der Waals surface area contributed by atoms with Crippen LogP contribution in [0.1, 0.15) is 78.3 Å². The Morgan fingerprint density at radius 3 is 2.16 bits per heavy atom. The number of Topliss-reactive ketones (excluding diaryl/α,β-unsaturated/α-hetero) is 1. The number of allylic oxidation sites excluding steroid dienone is 1. The van der Waals surface area contributed by atoms with Crippen LogP contribution in [0.4, 0.5) is 0 Å². The first-order chi connectivity index (χ1) is 20.7. The summed E-state index contributed by atoms with van der Waals surface area (Å²) in [7, 11) is 0. The molecule has 0 aromatic carbocycles. The third-order valence-electron chi connectivity index (χ3n) is 7.41. The van der Waals surface area contributed by atoms with Crippen LogP contribution in [-0.2, 0) is 28.7 Å². The van der Waals surface area contributed by atoms with Gasteiger partial charge in [0.2, 0.25) is 17.7 Å². The number of hydrogen-bond acceptors (Lipinski definition) is 8. The van der Waals surface area contributed by atoms with Crippen LogP contribution in [0.25, 0.3) is 0 Å². The molecule has 1 saturated heterocycles. The zero-order chi connectivity index (χ0) is 33.0. The van der Waals surface area contributed by atoms with E-state index < -0.39 is 53.7 Å². The molecule has 0 aliphatic carbocycles. The molecular weight excluding hydrogens is 568 g/mol. The van der Waals surface area contributed by atoms with Crippen molar-refractivity contribution in [2.75, 3.05) is 13.2 Å². The van der Waals surface area contributed by atoms with Gasteiger partial charge in [0.05, 0.1) is 18.9 Å². The Bertz CT molecular complexity index is 1170. The first-order valence-electron chi connectivity index (χ1n) is 15.4. The number of furan rings is 1. The number of rotatable bonds is 17. The average molecular weight is 617 g/mol. The number of carbonyl (C=O) groups is 6. The maximum atomic E-state index is 13.9. The summed E-state index contributed by atoms with van der Waals surface area (Å²) in [5.74, 6) is -4.59. The highest BCUT2D eigenvalue weighted by Gasteiger charge is 2.36. The lowest BCUT2D eigenvalue weighted by molar-refractivity contribution is -0.137. The predicted octanol–water partition coefficient (Wildman–Crippen LogP) is 2.54. The smallest absolute Gasteiger partial charge is 0.330 e. The second kappa shape index (κ2) is 17.4. The van der Waals surface area contributed by atoms with Crippen molar-refractivity contribution in [3.63, 3.8) is 0 Å². The van der Waals surface area contributed by atoms with E-state index in [4.69, 9.17) is 9.15 Å². The number of carbonyl (C=O) groups excluding carboxylic acids is 6. The molecule has 0 spiro atoms. The standard InChI is InChI=1S/C32H48N4O8/c1-8-43-25(37)12-11-21(17-22-13-14-33-29(22)39)28(38)23(16-18(2)3)34-31(41)26(19(4)5)36-32(42)27(20(6)7)35-30(40)24-10-9-15-44-24/h9-12,15,18-23,26-27H,8,13-14,16-17H2,1-7H3,(H,33,39)(H,34,41)(H,35,40)(H,36,42)/b12-11+/t21?,22-,23?,26?,27?/m0/s1. The fourth-order valence-corrected chi connectivity index (χ4v) is 5.02. The first kappa shape index (κ1) is 36.2. The fraction of sp³-hybridized carbons (Fsp3) is 0.625. The summed E-state index contributed by atoms with van der Waals surface area (Å²) >= 11 is 0. The Kier molecular flexibility index (Phi) is 14.3. The second-order valence-corrected chi connectivity index (χ2v) is 12.2. The summed E-state index contributed by atoms with van der Waals surface area (Å²) in [5.41, 5.74) is 0. The van der Waals surface area contributed by atoms with E-state index in [1.165, 1.54) is 24.5 Å². The van der Waals surface area contributed by atoms with Crippen molar-refractivity contribution < 1.29 is 37.9 Å². The molecule has 0 radical (unpaired) electrons. The maximum Gasteiger partial charge on any atom is 0.330 e. The third-order valence-corrected chi connectivity index (χ3v) is 7.41. The van der Waals surface area contributed by atoms with Crippen LogP contribution >= 0.6 is 0 Å². The predicted molar refractivity (Wildman–Crippen MR) is 163 cm³/mol. The molecule has 2 rings (SSSR count). The van der Waals surface area contributed by atoms with Crippen molar-refractivity contribution in [1.82, 2.24) is 21.3 Å². The minimum Gasteiger partial charge on any atom is -0.463 e. The minimum atomic E-state index is -1.01. The number of ketones is 1. The number of hydrogen-bond donors (Lipinski definition) is 4. The van der Waals surface area contributed by atoms with Gasteiger partial charge in [0.15, 0.2) is 11.5 Å². The Balaban J connectivity index is 2.26. The SMILES string of the molecule is CCOC(=O)/C=C/C(C[C@@H]1CCNC1=O)C(=O)C(CC(C)C)NC(=O)C(NC(=O)C(NC(=O)c1ccco1)C(C)C)C(C)C. The van der Waals surface area contributed by atoms with Crippen molar-refractivity contribution in [1.29, 1.82) is 0 Å². The van der Waals surface area contributed by atoms with Crippen molar-refractivity contribution in [2.45, 2.75) is 85.9 Å². The summed E-state index contributed by atoms with van der Waals surface area (Å²) in [6.07, 6.45) is 5.03. The Labute approximate surface area is 259 Å². The normalized spacial score (nSPS) is 17.7. The van der Waals surface area contributed by atoms with E-state index in [1.54, 1.807) is 40.7 Å². The van der Waals surface area contributed by atoms with Crippen LogP contribution < -0.4 is 21.3 Å². The summed E-state index contributed by atoms with van der Waals surface area (Å²) in [6.45, 7) is 13.2. The zero-order valence-corrected chi connectivity index (χ0v) is 26.8. The summed E-state index contributed by atoms with van der Waals surface area (Å²) in [5, 5.41) is 11.0.